The highest BCUT2D eigenvalue weighted by Crippen LogP contribution is 2.56. The van der Waals surface area contributed by atoms with Crippen molar-refractivity contribution in [3.8, 4) is 0 Å². The average molecular weight is 514 g/mol. The molecular weight excluding hydrogens is 489 g/mol. The van der Waals surface area contributed by atoms with Gasteiger partial charge in [-0.25, -0.2) is 13.9 Å². The molecule has 0 aliphatic heterocycles. The van der Waals surface area contributed by atoms with Gasteiger partial charge < -0.3 is 15.7 Å². The van der Waals surface area contributed by atoms with Crippen LogP contribution in [0.3, 0.4) is 0 Å². The zero-order chi connectivity index (χ0) is 25.5. The molecule has 3 aromatic rings. The Morgan fingerprint density at radius 3 is 2.42 bits per heavy atom. The van der Waals surface area contributed by atoms with E-state index in [2.05, 4.69) is 20.7 Å². The molecule has 0 spiro atoms. The van der Waals surface area contributed by atoms with E-state index in [-0.39, 0.29) is 34.3 Å². The van der Waals surface area contributed by atoms with Crippen molar-refractivity contribution in [1.82, 2.24) is 25.2 Å². The number of carboxylic acid groups (broad SMARTS) is 1. The quantitative estimate of drug-likeness (QED) is 0.443. The lowest BCUT2D eigenvalue weighted by molar-refractivity contribution is -0.158. The van der Waals surface area contributed by atoms with E-state index in [0.29, 0.717) is 37.0 Å². The molecule has 188 valence electrons. The van der Waals surface area contributed by atoms with Crippen molar-refractivity contribution in [1.29, 1.82) is 0 Å². The number of benzene rings is 1. The Morgan fingerprint density at radius 2 is 1.75 bits per heavy atom. The van der Waals surface area contributed by atoms with Crippen molar-refractivity contribution in [3.05, 3.63) is 64.3 Å². The lowest BCUT2D eigenvalue weighted by atomic mass is 9.53. The van der Waals surface area contributed by atoms with E-state index >= 15 is 0 Å². The van der Waals surface area contributed by atoms with Gasteiger partial charge in [0.15, 0.2) is 5.65 Å². The maximum Gasteiger partial charge on any atom is 0.309 e. The molecule has 6 rings (SSSR count). The van der Waals surface area contributed by atoms with Crippen LogP contribution in [0.5, 0.6) is 0 Å². The number of carbonyl (C=O) groups is 3. The van der Waals surface area contributed by atoms with Crippen molar-refractivity contribution in [2.45, 2.75) is 45.1 Å². The molecule has 11 heteroatoms. The SMILES string of the molecule is O=C(NCc1ccc(F)c(Cl)c1)c1cc(C(=O)NCC23CCC(C(=O)O)(CC2)CC3)n2nccc2n1. The van der Waals surface area contributed by atoms with Crippen LogP contribution in [-0.4, -0.2) is 44.0 Å². The van der Waals surface area contributed by atoms with Crippen molar-refractivity contribution in [3.63, 3.8) is 0 Å². The summed E-state index contributed by atoms with van der Waals surface area (Å²) in [6, 6.07) is 7.16. The van der Waals surface area contributed by atoms with E-state index < -0.39 is 23.1 Å². The van der Waals surface area contributed by atoms with E-state index in [0.717, 1.165) is 19.3 Å². The fourth-order valence-electron chi connectivity index (χ4n) is 5.32. The summed E-state index contributed by atoms with van der Waals surface area (Å²) >= 11 is 5.80. The summed E-state index contributed by atoms with van der Waals surface area (Å²) in [4.78, 5) is 42.0. The highest BCUT2D eigenvalue weighted by molar-refractivity contribution is 6.30. The lowest BCUT2D eigenvalue weighted by Crippen LogP contribution is -2.50. The largest absolute Gasteiger partial charge is 0.481 e. The fourth-order valence-corrected chi connectivity index (χ4v) is 5.52. The number of fused-ring (bicyclic) bond motifs is 4. The number of amides is 2. The zero-order valence-corrected chi connectivity index (χ0v) is 20.1. The second-order valence-electron chi connectivity index (χ2n) is 9.83. The van der Waals surface area contributed by atoms with Crippen molar-refractivity contribution in [2.24, 2.45) is 10.8 Å². The van der Waals surface area contributed by atoms with Gasteiger partial charge in [-0.3, -0.25) is 14.4 Å². The minimum absolute atomic E-state index is 0.0384. The second-order valence-corrected chi connectivity index (χ2v) is 10.2. The smallest absolute Gasteiger partial charge is 0.309 e. The molecule has 3 aliphatic carbocycles. The van der Waals surface area contributed by atoms with Gasteiger partial charge in [0.05, 0.1) is 16.6 Å². The molecule has 3 saturated carbocycles. The molecule has 9 nitrogen and oxygen atoms in total. The summed E-state index contributed by atoms with van der Waals surface area (Å²) < 4.78 is 14.8. The standard InChI is InChI=1S/C25H25ClFN5O4/c26-16-11-15(1-2-17(16)27)13-28-21(33)18-12-19(32-20(31-18)3-10-30-32)22(34)29-14-24-4-7-25(8-5-24,9-6-24)23(35)36/h1-3,10-12H,4-9,13-14H2,(H,28,33)(H,29,34)(H,35,36). The number of halogens is 2. The first kappa shape index (κ1) is 24.2. The molecule has 2 bridgehead atoms. The maximum absolute atomic E-state index is 13.4. The monoisotopic (exact) mass is 513 g/mol. The number of rotatable bonds is 7. The molecule has 2 aromatic heterocycles. The first-order valence-electron chi connectivity index (χ1n) is 11.8. The summed E-state index contributed by atoms with van der Waals surface area (Å²) in [5, 5.41) is 19.4. The summed E-state index contributed by atoms with van der Waals surface area (Å²) in [5.74, 6) is -2.15. The van der Waals surface area contributed by atoms with Gasteiger partial charge in [0.2, 0.25) is 0 Å². The Hall–Kier alpha value is -3.53. The summed E-state index contributed by atoms with van der Waals surface area (Å²) in [5.41, 5.74) is 0.449. The van der Waals surface area contributed by atoms with Crippen LogP contribution in [0.2, 0.25) is 5.02 Å². The van der Waals surface area contributed by atoms with Crippen LogP contribution in [-0.2, 0) is 11.3 Å². The third-order valence-corrected chi connectivity index (χ3v) is 8.03. The summed E-state index contributed by atoms with van der Waals surface area (Å²) in [6.07, 6.45) is 5.64. The number of hydrogen-bond acceptors (Lipinski definition) is 5. The van der Waals surface area contributed by atoms with Gasteiger partial charge >= 0.3 is 5.97 Å². The summed E-state index contributed by atoms with van der Waals surface area (Å²) in [7, 11) is 0. The Morgan fingerprint density at radius 1 is 1.03 bits per heavy atom. The lowest BCUT2D eigenvalue weighted by Gasteiger charge is -2.51. The number of hydrogen-bond donors (Lipinski definition) is 3. The number of aliphatic carboxylic acids is 1. The van der Waals surface area contributed by atoms with E-state index in [4.69, 9.17) is 11.6 Å². The van der Waals surface area contributed by atoms with Crippen LogP contribution in [0.4, 0.5) is 4.39 Å². The first-order chi connectivity index (χ1) is 17.2. The molecule has 0 radical (unpaired) electrons. The highest BCUT2D eigenvalue weighted by Gasteiger charge is 2.52. The van der Waals surface area contributed by atoms with Crippen molar-refractivity contribution >= 4 is 35.0 Å². The Labute approximate surface area is 211 Å². The number of carbonyl (C=O) groups excluding carboxylic acids is 2. The molecule has 2 amide bonds. The Bertz CT molecular complexity index is 1350. The van der Waals surface area contributed by atoms with Gasteiger partial charge in [0.1, 0.15) is 17.2 Å². The predicted octanol–water partition coefficient (Wildman–Crippen LogP) is 3.61. The first-order valence-corrected chi connectivity index (χ1v) is 12.2. The average Bonchev–Trinajstić information content (AvgIpc) is 3.37. The van der Waals surface area contributed by atoms with Crippen LogP contribution in [0.1, 0.15) is 65.1 Å². The minimum atomic E-state index is -0.717. The Kier molecular flexibility index (Phi) is 6.15. The number of aromatic nitrogens is 3. The van der Waals surface area contributed by atoms with Gasteiger partial charge in [-0.05, 0) is 61.6 Å². The van der Waals surface area contributed by atoms with E-state index in [1.54, 1.807) is 6.07 Å². The van der Waals surface area contributed by atoms with Gasteiger partial charge in [-0.1, -0.05) is 17.7 Å². The molecule has 0 unspecified atom stereocenters. The van der Waals surface area contributed by atoms with Crippen molar-refractivity contribution < 1.29 is 23.9 Å². The third-order valence-electron chi connectivity index (χ3n) is 7.74. The maximum atomic E-state index is 13.4. The van der Waals surface area contributed by atoms with Crippen LogP contribution in [0.25, 0.3) is 5.65 Å². The molecule has 0 atom stereocenters. The summed E-state index contributed by atoms with van der Waals surface area (Å²) in [6.45, 7) is 0.534. The molecule has 36 heavy (non-hydrogen) atoms. The van der Waals surface area contributed by atoms with Crippen LogP contribution in [0.15, 0.2) is 36.5 Å². The van der Waals surface area contributed by atoms with Gasteiger partial charge in [0.25, 0.3) is 11.8 Å². The van der Waals surface area contributed by atoms with E-state index in [9.17, 15) is 23.9 Å². The van der Waals surface area contributed by atoms with Gasteiger partial charge in [-0.15, -0.1) is 0 Å². The number of nitrogens with one attached hydrogen (secondary N) is 2. The molecule has 3 aliphatic rings. The molecule has 1 aromatic carbocycles. The topological polar surface area (TPSA) is 126 Å². The molecule has 3 fully saturated rings. The van der Waals surface area contributed by atoms with E-state index in [1.807, 2.05) is 0 Å². The number of nitrogens with zero attached hydrogens (tertiary/aromatic N) is 3. The zero-order valence-electron chi connectivity index (χ0n) is 19.4. The fraction of sp³-hybridized carbons (Fsp3) is 0.400. The van der Waals surface area contributed by atoms with Crippen molar-refractivity contribution in [2.75, 3.05) is 6.54 Å². The number of carboxylic acids is 1. The van der Waals surface area contributed by atoms with Crippen LogP contribution < -0.4 is 10.6 Å². The van der Waals surface area contributed by atoms with Gasteiger partial charge in [-0.2, -0.15) is 5.10 Å². The van der Waals surface area contributed by atoms with Crippen LogP contribution in [0, 0.1) is 16.6 Å². The predicted molar refractivity (Wildman–Crippen MR) is 128 cm³/mol. The minimum Gasteiger partial charge on any atom is -0.481 e. The van der Waals surface area contributed by atoms with E-state index in [1.165, 1.54) is 35.0 Å². The normalized spacial score (nSPS) is 22.9. The molecule has 0 saturated heterocycles. The third kappa shape index (κ3) is 4.41. The van der Waals surface area contributed by atoms with Crippen LogP contribution >= 0.6 is 11.6 Å². The molecule has 2 heterocycles. The highest BCUT2D eigenvalue weighted by atomic mass is 35.5. The van der Waals surface area contributed by atoms with Gasteiger partial charge in [0, 0.05) is 25.2 Å². The molecular formula is C25H25ClFN5O4. The Balaban J connectivity index is 1.29. The second kappa shape index (κ2) is 9.16. The molecule has 3 N–H and O–H groups in total.